The van der Waals surface area contributed by atoms with Crippen molar-refractivity contribution in [3.05, 3.63) is 59.1 Å². The topological polar surface area (TPSA) is 65.0 Å². The number of hydrazone groups is 1. The molecule has 0 amide bonds. The van der Waals surface area contributed by atoms with Gasteiger partial charge >= 0.3 is 0 Å². The van der Waals surface area contributed by atoms with E-state index in [-0.39, 0.29) is 0 Å². The number of methoxy groups -OCH3 is 3. The molecule has 0 saturated carbocycles. The minimum absolute atomic E-state index is 0.536. The lowest BCUT2D eigenvalue weighted by Crippen LogP contribution is -2.08. The number of hydrogen-bond acceptors (Lipinski definition) is 7. The average molecular weight is 495 g/mol. The summed E-state index contributed by atoms with van der Waals surface area (Å²) in [6.07, 6.45) is 0. The first-order valence-electron chi connectivity index (χ1n) is 7.96. The van der Waals surface area contributed by atoms with Gasteiger partial charge in [-0.2, -0.15) is 5.10 Å². The lowest BCUT2D eigenvalue weighted by Gasteiger charge is -2.14. The van der Waals surface area contributed by atoms with Crippen molar-refractivity contribution in [2.24, 2.45) is 5.10 Å². The maximum absolute atomic E-state index is 5.46. The molecule has 2 aromatic carbocycles. The summed E-state index contributed by atoms with van der Waals surface area (Å²) in [6.45, 7) is 0. The standard InChI is InChI=1S/C19H18IN3O3S/c1-24-15-9-13(10-16(25-2)18(15)26-3)17(22-23-20)14-11-27-19(21-14)12-7-5-4-6-8-12/h4-11,23H,1-3H3. The summed E-state index contributed by atoms with van der Waals surface area (Å²) < 4.78 is 19.1. The van der Waals surface area contributed by atoms with Gasteiger partial charge in [-0.05, 0) is 12.1 Å². The third-order valence-corrected chi connectivity index (χ3v) is 4.99. The van der Waals surface area contributed by atoms with Crippen LogP contribution in [0.15, 0.2) is 52.9 Å². The summed E-state index contributed by atoms with van der Waals surface area (Å²) in [5.41, 5.74) is 3.32. The van der Waals surface area contributed by atoms with Crippen LogP contribution >= 0.6 is 34.2 Å². The highest BCUT2D eigenvalue weighted by atomic mass is 127. The van der Waals surface area contributed by atoms with E-state index < -0.39 is 0 Å². The highest BCUT2D eigenvalue weighted by molar-refractivity contribution is 14.1. The van der Waals surface area contributed by atoms with Gasteiger partial charge in [-0.3, -0.25) is 0 Å². The van der Waals surface area contributed by atoms with Gasteiger partial charge in [0, 0.05) is 16.5 Å². The van der Waals surface area contributed by atoms with Crippen LogP contribution in [0.25, 0.3) is 10.6 Å². The van der Waals surface area contributed by atoms with E-state index in [1.165, 1.54) is 0 Å². The van der Waals surface area contributed by atoms with Crippen LogP contribution in [-0.4, -0.2) is 32.0 Å². The van der Waals surface area contributed by atoms with Crippen molar-refractivity contribution in [2.75, 3.05) is 21.3 Å². The van der Waals surface area contributed by atoms with Gasteiger partial charge in [0.15, 0.2) is 11.5 Å². The Balaban J connectivity index is 2.07. The van der Waals surface area contributed by atoms with Crippen LogP contribution in [0.4, 0.5) is 0 Å². The van der Waals surface area contributed by atoms with E-state index in [0.29, 0.717) is 23.0 Å². The molecule has 8 heteroatoms. The van der Waals surface area contributed by atoms with Crippen LogP contribution in [0.5, 0.6) is 17.2 Å². The number of hydrogen-bond donors (Lipinski definition) is 1. The number of rotatable bonds is 7. The van der Waals surface area contributed by atoms with Crippen LogP contribution in [0.3, 0.4) is 0 Å². The Morgan fingerprint density at radius 3 is 2.26 bits per heavy atom. The van der Waals surface area contributed by atoms with Crippen LogP contribution in [0.2, 0.25) is 0 Å². The van der Waals surface area contributed by atoms with E-state index >= 15 is 0 Å². The number of ether oxygens (including phenoxy) is 3. The van der Waals surface area contributed by atoms with Gasteiger partial charge < -0.3 is 14.2 Å². The zero-order chi connectivity index (χ0) is 19.2. The minimum atomic E-state index is 0.536. The Labute approximate surface area is 175 Å². The summed E-state index contributed by atoms with van der Waals surface area (Å²) in [5, 5.41) is 7.34. The second kappa shape index (κ2) is 9.05. The minimum Gasteiger partial charge on any atom is -0.493 e. The zero-order valence-electron chi connectivity index (χ0n) is 15.0. The Hall–Kier alpha value is -2.33. The molecule has 0 unspecified atom stereocenters. The van der Waals surface area contributed by atoms with Crippen LogP contribution < -0.4 is 17.8 Å². The third-order valence-electron chi connectivity index (χ3n) is 3.86. The Morgan fingerprint density at radius 1 is 1.04 bits per heavy atom. The number of thiazole rings is 1. The highest BCUT2D eigenvalue weighted by Crippen LogP contribution is 2.39. The second-order valence-electron chi connectivity index (χ2n) is 5.36. The molecule has 0 spiro atoms. The number of nitrogens with one attached hydrogen (secondary N) is 1. The van der Waals surface area contributed by atoms with Gasteiger partial charge in [-0.15, -0.1) is 11.3 Å². The van der Waals surface area contributed by atoms with Crippen LogP contribution in [0.1, 0.15) is 11.3 Å². The van der Waals surface area contributed by atoms with Crippen molar-refractivity contribution in [1.82, 2.24) is 8.62 Å². The molecule has 0 fully saturated rings. The first-order chi connectivity index (χ1) is 13.2. The van der Waals surface area contributed by atoms with E-state index in [2.05, 4.69) is 8.74 Å². The molecule has 1 aromatic heterocycles. The lowest BCUT2D eigenvalue weighted by molar-refractivity contribution is 0.324. The molecule has 1 N–H and O–H groups in total. The quantitative estimate of drug-likeness (QED) is 0.226. The highest BCUT2D eigenvalue weighted by Gasteiger charge is 2.19. The number of nitrogens with zero attached hydrogens (tertiary/aromatic N) is 2. The lowest BCUT2D eigenvalue weighted by atomic mass is 10.1. The first kappa shape index (κ1) is 19.4. The van der Waals surface area contributed by atoms with Gasteiger partial charge in [0.1, 0.15) is 16.4 Å². The van der Waals surface area contributed by atoms with Crippen molar-refractivity contribution in [3.8, 4) is 27.8 Å². The van der Waals surface area contributed by atoms with Crippen molar-refractivity contribution in [3.63, 3.8) is 0 Å². The molecule has 3 aromatic rings. The molecule has 0 saturated heterocycles. The van der Waals surface area contributed by atoms with E-state index in [0.717, 1.165) is 21.8 Å². The molecular weight excluding hydrogens is 477 g/mol. The molecule has 0 bridgehead atoms. The molecule has 140 valence electrons. The van der Waals surface area contributed by atoms with E-state index in [1.807, 2.05) is 70.7 Å². The Kier molecular flexibility index (Phi) is 6.51. The van der Waals surface area contributed by atoms with Gasteiger partial charge in [-0.1, -0.05) is 30.3 Å². The van der Waals surface area contributed by atoms with E-state index in [1.54, 1.807) is 32.7 Å². The fourth-order valence-electron chi connectivity index (χ4n) is 2.63. The van der Waals surface area contributed by atoms with Crippen molar-refractivity contribution >= 4 is 39.9 Å². The second-order valence-corrected chi connectivity index (χ2v) is 6.70. The van der Waals surface area contributed by atoms with Crippen molar-refractivity contribution in [2.45, 2.75) is 0 Å². The maximum atomic E-state index is 5.46. The molecule has 3 rings (SSSR count). The summed E-state index contributed by atoms with van der Waals surface area (Å²) in [4.78, 5) is 4.76. The zero-order valence-corrected chi connectivity index (χ0v) is 18.0. The SMILES string of the molecule is COc1cc(C(=NNI)c2csc(-c3ccccc3)n2)cc(OC)c1OC. The molecule has 6 nitrogen and oxygen atoms in total. The van der Waals surface area contributed by atoms with Gasteiger partial charge in [-0.25, -0.2) is 8.62 Å². The maximum Gasteiger partial charge on any atom is 0.203 e. The predicted octanol–water partition coefficient (Wildman–Crippen LogP) is 4.53. The molecular formula is C19H18IN3O3S. The van der Waals surface area contributed by atoms with Crippen LogP contribution in [0, 0.1) is 0 Å². The molecule has 0 radical (unpaired) electrons. The summed E-state index contributed by atoms with van der Waals surface area (Å²) in [7, 11) is 4.75. The monoisotopic (exact) mass is 495 g/mol. The van der Waals surface area contributed by atoms with E-state index in [9.17, 15) is 0 Å². The summed E-state index contributed by atoms with van der Waals surface area (Å²) in [5.74, 6) is 1.66. The first-order valence-corrected chi connectivity index (χ1v) is 9.92. The number of aromatic nitrogens is 1. The van der Waals surface area contributed by atoms with Crippen LogP contribution in [-0.2, 0) is 0 Å². The average Bonchev–Trinajstić information content (AvgIpc) is 3.21. The fraction of sp³-hybridized carbons (Fsp3) is 0.158. The molecule has 0 aliphatic rings. The molecule has 1 heterocycles. The van der Waals surface area contributed by atoms with E-state index in [4.69, 9.17) is 19.2 Å². The Bertz CT molecular complexity index is 919. The third kappa shape index (κ3) is 4.16. The Morgan fingerprint density at radius 2 is 1.70 bits per heavy atom. The molecule has 0 atom stereocenters. The van der Waals surface area contributed by atoms with Crippen molar-refractivity contribution < 1.29 is 14.2 Å². The number of benzene rings is 2. The van der Waals surface area contributed by atoms with Gasteiger partial charge in [0.2, 0.25) is 5.75 Å². The molecule has 27 heavy (non-hydrogen) atoms. The summed E-state index contributed by atoms with van der Waals surface area (Å²) in [6, 6.07) is 13.8. The molecule has 0 aliphatic carbocycles. The predicted molar refractivity (Wildman–Crippen MR) is 116 cm³/mol. The van der Waals surface area contributed by atoms with Crippen molar-refractivity contribution in [1.29, 1.82) is 0 Å². The summed E-state index contributed by atoms with van der Waals surface area (Å²) >= 11 is 3.55. The fourth-order valence-corrected chi connectivity index (χ4v) is 3.68. The number of halogens is 1. The largest absolute Gasteiger partial charge is 0.493 e. The smallest absolute Gasteiger partial charge is 0.203 e. The normalized spacial score (nSPS) is 11.2. The van der Waals surface area contributed by atoms with Gasteiger partial charge in [0.25, 0.3) is 0 Å². The molecule has 0 aliphatic heterocycles. The van der Waals surface area contributed by atoms with Gasteiger partial charge in [0.05, 0.1) is 44.2 Å².